The lowest BCUT2D eigenvalue weighted by atomic mass is 9.99. The molecule has 0 saturated heterocycles. The van der Waals surface area contributed by atoms with E-state index in [1.165, 1.54) is 0 Å². The van der Waals surface area contributed by atoms with E-state index >= 15 is 0 Å². The minimum Gasteiger partial charge on any atom is -0.461 e. The summed E-state index contributed by atoms with van der Waals surface area (Å²) in [6.45, 7) is 12.3. The van der Waals surface area contributed by atoms with Crippen molar-refractivity contribution in [3.05, 3.63) is 35.9 Å². The number of nitrogens with one attached hydrogen (secondary N) is 3. The van der Waals surface area contributed by atoms with E-state index in [0.29, 0.717) is 6.42 Å². The van der Waals surface area contributed by atoms with Crippen molar-refractivity contribution >= 4 is 29.8 Å². The Balaban J connectivity index is 2.95. The van der Waals surface area contributed by atoms with Crippen LogP contribution >= 0.6 is 0 Å². The molecular weight excluding hydrogens is 504 g/mol. The third-order valence-electron chi connectivity index (χ3n) is 5.50. The topological polar surface area (TPSA) is 166 Å². The van der Waals surface area contributed by atoms with Crippen LogP contribution in [-0.2, 0) is 35.3 Å². The van der Waals surface area contributed by atoms with Crippen molar-refractivity contribution in [1.29, 1.82) is 0 Å². The lowest BCUT2D eigenvalue weighted by Crippen LogP contribution is -2.58. The molecule has 1 aromatic carbocycles. The zero-order chi connectivity index (χ0) is 29.8. The summed E-state index contributed by atoms with van der Waals surface area (Å²) < 4.78 is 10.5. The van der Waals surface area contributed by atoms with E-state index in [1.807, 2.05) is 44.2 Å². The highest BCUT2D eigenvalue weighted by molar-refractivity contribution is 5.93. The summed E-state index contributed by atoms with van der Waals surface area (Å²) >= 11 is 0. The van der Waals surface area contributed by atoms with Crippen molar-refractivity contribution in [1.82, 2.24) is 16.0 Å². The largest absolute Gasteiger partial charge is 0.461 e. The van der Waals surface area contributed by atoms with Crippen LogP contribution in [0.5, 0.6) is 0 Å². The summed E-state index contributed by atoms with van der Waals surface area (Å²) in [4.78, 5) is 62.9. The van der Waals surface area contributed by atoms with Crippen molar-refractivity contribution < 1.29 is 33.4 Å². The molecule has 218 valence electrons. The van der Waals surface area contributed by atoms with Crippen LogP contribution in [0.1, 0.15) is 73.3 Å². The first-order valence-corrected chi connectivity index (χ1v) is 13.2. The average molecular weight is 549 g/mol. The van der Waals surface area contributed by atoms with Crippen LogP contribution in [-0.4, -0.2) is 53.5 Å². The fourth-order valence-corrected chi connectivity index (χ4v) is 3.56. The van der Waals surface area contributed by atoms with Gasteiger partial charge in [-0.3, -0.25) is 19.2 Å². The van der Waals surface area contributed by atoms with Gasteiger partial charge in [-0.1, -0.05) is 58.0 Å². The van der Waals surface area contributed by atoms with E-state index in [-0.39, 0.29) is 31.3 Å². The highest BCUT2D eigenvalue weighted by Gasteiger charge is 2.32. The summed E-state index contributed by atoms with van der Waals surface area (Å²) in [6.07, 6.45) is -0.773. The number of amides is 4. The lowest BCUT2D eigenvalue weighted by Gasteiger charge is -2.28. The van der Waals surface area contributed by atoms with Gasteiger partial charge in [0.25, 0.3) is 0 Å². The molecule has 1 rings (SSSR count). The molecule has 0 saturated carbocycles. The van der Waals surface area contributed by atoms with E-state index < -0.39 is 53.5 Å². The first kappa shape index (κ1) is 33.4. The van der Waals surface area contributed by atoms with Crippen molar-refractivity contribution in [2.24, 2.45) is 17.6 Å². The van der Waals surface area contributed by atoms with Gasteiger partial charge in [0.1, 0.15) is 30.3 Å². The molecule has 11 heteroatoms. The fraction of sp³-hybridized carbons (Fsp3) is 0.607. The van der Waals surface area contributed by atoms with Crippen molar-refractivity contribution in [2.45, 2.75) is 98.1 Å². The van der Waals surface area contributed by atoms with Crippen LogP contribution in [0.4, 0.5) is 4.79 Å². The van der Waals surface area contributed by atoms with Crippen molar-refractivity contribution in [3.8, 4) is 0 Å². The third-order valence-corrected chi connectivity index (χ3v) is 5.50. The maximum atomic E-state index is 13.2. The number of rotatable bonds is 14. The molecule has 0 radical (unpaired) electrons. The lowest BCUT2D eigenvalue weighted by molar-refractivity contribution is -0.145. The number of hydrogen-bond donors (Lipinski definition) is 4. The monoisotopic (exact) mass is 548 g/mol. The molecule has 0 aromatic heterocycles. The first-order chi connectivity index (χ1) is 18.1. The normalized spacial score (nSPS) is 13.7. The molecule has 0 spiro atoms. The molecular formula is C28H44N4O7. The van der Waals surface area contributed by atoms with Gasteiger partial charge in [-0.2, -0.15) is 0 Å². The second-order valence-electron chi connectivity index (χ2n) is 11.2. The van der Waals surface area contributed by atoms with E-state index in [9.17, 15) is 24.0 Å². The molecule has 4 amide bonds. The Hall–Kier alpha value is -3.63. The number of carbonyl (C=O) groups is 5. The molecule has 0 fully saturated rings. The molecule has 0 aliphatic rings. The Labute approximate surface area is 230 Å². The van der Waals surface area contributed by atoms with Crippen molar-refractivity contribution in [2.75, 3.05) is 0 Å². The second-order valence-corrected chi connectivity index (χ2v) is 11.2. The van der Waals surface area contributed by atoms with Gasteiger partial charge in [0.2, 0.25) is 17.7 Å². The van der Waals surface area contributed by atoms with Gasteiger partial charge in [-0.25, -0.2) is 4.79 Å². The second kappa shape index (κ2) is 15.7. The Morgan fingerprint density at radius 1 is 0.872 bits per heavy atom. The maximum absolute atomic E-state index is 13.2. The summed E-state index contributed by atoms with van der Waals surface area (Å²) in [7, 11) is 0. The zero-order valence-electron chi connectivity index (χ0n) is 24.0. The van der Waals surface area contributed by atoms with Gasteiger partial charge in [-0.15, -0.1) is 0 Å². The fourth-order valence-electron chi connectivity index (χ4n) is 3.56. The molecule has 0 unspecified atom stereocenters. The first-order valence-electron chi connectivity index (χ1n) is 13.2. The molecule has 0 heterocycles. The summed E-state index contributed by atoms with van der Waals surface area (Å²) in [5, 5.41) is 7.74. The maximum Gasteiger partial charge on any atom is 0.408 e. The molecule has 5 N–H and O–H groups in total. The minimum atomic E-state index is -1.19. The third kappa shape index (κ3) is 13.6. The predicted octanol–water partition coefficient (Wildman–Crippen LogP) is 2.56. The number of alkyl carbamates (subject to hydrolysis) is 1. The van der Waals surface area contributed by atoms with E-state index in [1.54, 1.807) is 34.6 Å². The minimum absolute atomic E-state index is 0.0725. The number of hydrogen-bond acceptors (Lipinski definition) is 7. The number of benzene rings is 1. The van der Waals surface area contributed by atoms with Crippen LogP contribution in [0, 0.1) is 11.8 Å². The average Bonchev–Trinajstić information content (AvgIpc) is 2.82. The Bertz CT molecular complexity index is 974. The van der Waals surface area contributed by atoms with Crippen LogP contribution < -0.4 is 21.7 Å². The van der Waals surface area contributed by atoms with Gasteiger partial charge in [0.15, 0.2) is 0 Å². The smallest absolute Gasteiger partial charge is 0.408 e. The van der Waals surface area contributed by atoms with E-state index in [4.69, 9.17) is 15.2 Å². The zero-order valence-corrected chi connectivity index (χ0v) is 24.0. The van der Waals surface area contributed by atoms with Gasteiger partial charge in [0.05, 0.1) is 0 Å². The number of esters is 1. The molecule has 3 atom stereocenters. The van der Waals surface area contributed by atoms with Crippen LogP contribution in [0.25, 0.3) is 0 Å². The Kier molecular flexibility index (Phi) is 13.4. The standard InChI is InChI=1S/C28H44N4O7/c1-17(2)15-21(24(29)34)30-26(36)23(18(3)4)32-25(35)20(31-27(37)39-28(5,6)7)13-14-22(33)38-16-19-11-9-8-10-12-19/h8-12,17-18,20-21,23H,13-16H2,1-7H3,(H2,29,34)(H,30,36)(H,31,37)(H,32,35)/t20-,21-,23+/m1/s1. The number of carbonyl (C=O) groups excluding carboxylic acids is 5. The highest BCUT2D eigenvalue weighted by atomic mass is 16.6. The van der Waals surface area contributed by atoms with Crippen molar-refractivity contribution in [3.63, 3.8) is 0 Å². The quantitative estimate of drug-likeness (QED) is 0.259. The van der Waals surface area contributed by atoms with Crippen LogP contribution in [0.15, 0.2) is 30.3 Å². The highest BCUT2D eigenvalue weighted by Crippen LogP contribution is 2.11. The number of nitrogens with two attached hydrogens (primary N) is 1. The van der Waals surface area contributed by atoms with Gasteiger partial charge < -0.3 is 31.2 Å². The molecule has 0 aliphatic carbocycles. The number of ether oxygens (including phenoxy) is 2. The van der Waals surface area contributed by atoms with E-state index in [0.717, 1.165) is 5.56 Å². The Morgan fingerprint density at radius 3 is 2.00 bits per heavy atom. The summed E-state index contributed by atoms with van der Waals surface area (Å²) in [6, 6.07) is 6.00. The number of primary amides is 1. The van der Waals surface area contributed by atoms with Gasteiger partial charge >= 0.3 is 12.1 Å². The SMILES string of the molecule is CC(C)C[C@@H](NC(=O)[C@@H](NC(=O)[C@@H](CCC(=O)OCc1ccccc1)NC(=O)OC(C)(C)C)C(C)C)C(N)=O. The molecule has 0 aliphatic heterocycles. The van der Waals surface area contributed by atoms with E-state index in [2.05, 4.69) is 16.0 Å². The van der Waals surface area contributed by atoms with Crippen LogP contribution in [0.2, 0.25) is 0 Å². The summed E-state index contributed by atoms with van der Waals surface area (Å²) in [5.74, 6) is -2.77. The van der Waals surface area contributed by atoms with Crippen LogP contribution in [0.3, 0.4) is 0 Å². The van der Waals surface area contributed by atoms with Gasteiger partial charge in [0, 0.05) is 6.42 Å². The molecule has 1 aromatic rings. The summed E-state index contributed by atoms with van der Waals surface area (Å²) in [5.41, 5.74) is 5.44. The Morgan fingerprint density at radius 2 is 1.49 bits per heavy atom. The predicted molar refractivity (Wildman–Crippen MR) is 146 cm³/mol. The molecule has 0 bridgehead atoms. The van der Waals surface area contributed by atoms with Gasteiger partial charge in [-0.05, 0) is 51.0 Å². The molecule has 11 nitrogen and oxygen atoms in total. The molecule has 39 heavy (non-hydrogen) atoms.